The topological polar surface area (TPSA) is 56.8 Å². The number of aromatic nitrogens is 1. The lowest BCUT2D eigenvalue weighted by Crippen LogP contribution is -2.30. The maximum atomic E-state index is 12.1. The Morgan fingerprint density at radius 3 is 2.50 bits per heavy atom. The van der Waals surface area contributed by atoms with E-state index in [1.54, 1.807) is 35.0 Å². The van der Waals surface area contributed by atoms with Crippen LogP contribution in [0.4, 0.5) is 22.1 Å². The van der Waals surface area contributed by atoms with Gasteiger partial charge in [0.05, 0.1) is 5.69 Å². The van der Waals surface area contributed by atoms with E-state index in [4.69, 9.17) is 0 Å². The molecule has 0 radical (unpaired) electrons. The van der Waals surface area contributed by atoms with E-state index in [0.717, 1.165) is 12.1 Å². The molecule has 0 N–H and O–H groups in total. The number of benzene rings is 1. The quantitative estimate of drug-likeness (QED) is 0.813. The minimum Gasteiger partial charge on any atom is -0.326 e. The van der Waals surface area contributed by atoms with Crippen molar-refractivity contribution in [3.05, 3.63) is 48.5 Å². The highest BCUT2D eigenvalue weighted by Crippen LogP contribution is 2.25. The SMILES string of the molecule is CN1CCN(c2cccc(N(C=O)c3ccccc3)n2)C1=O. The first-order chi connectivity index (χ1) is 10.7. The number of hydrogen-bond acceptors (Lipinski definition) is 3. The van der Waals surface area contributed by atoms with E-state index in [2.05, 4.69) is 4.98 Å². The average molecular weight is 296 g/mol. The van der Waals surface area contributed by atoms with Crippen LogP contribution >= 0.6 is 0 Å². The molecule has 6 heteroatoms. The van der Waals surface area contributed by atoms with Gasteiger partial charge in [0.1, 0.15) is 11.6 Å². The second kappa shape index (κ2) is 5.85. The van der Waals surface area contributed by atoms with Crippen molar-refractivity contribution in [2.75, 3.05) is 29.9 Å². The predicted octanol–water partition coefficient (Wildman–Crippen LogP) is 2.25. The van der Waals surface area contributed by atoms with Crippen LogP contribution in [0.1, 0.15) is 0 Å². The van der Waals surface area contributed by atoms with Gasteiger partial charge in [-0.05, 0) is 24.3 Å². The number of carbonyl (C=O) groups is 2. The van der Waals surface area contributed by atoms with E-state index < -0.39 is 0 Å². The Morgan fingerprint density at radius 1 is 1.09 bits per heavy atom. The molecule has 1 saturated heterocycles. The highest BCUT2D eigenvalue weighted by Gasteiger charge is 2.27. The van der Waals surface area contributed by atoms with Crippen LogP contribution in [0.5, 0.6) is 0 Å². The molecule has 112 valence electrons. The maximum Gasteiger partial charge on any atom is 0.325 e. The first-order valence-electron chi connectivity index (χ1n) is 7.00. The molecular weight excluding hydrogens is 280 g/mol. The highest BCUT2D eigenvalue weighted by molar-refractivity contribution is 5.93. The van der Waals surface area contributed by atoms with E-state index in [-0.39, 0.29) is 6.03 Å². The van der Waals surface area contributed by atoms with Crippen molar-refractivity contribution in [3.8, 4) is 0 Å². The molecule has 22 heavy (non-hydrogen) atoms. The number of rotatable bonds is 4. The lowest BCUT2D eigenvalue weighted by Gasteiger charge is -2.20. The van der Waals surface area contributed by atoms with Crippen molar-refractivity contribution in [2.45, 2.75) is 0 Å². The molecule has 1 aliphatic heterocycles. The Balaban J connectivity index is 1.94. The van der Waals surface area contributed by atoms with Crippen LogP contribution in [0.15, 0.2) is 48.5 Å². The lowest BCUT2D eigenvalue weighted by molar-refractivity contribution is -0.106. The van der Waals surface area contributed by atoms with Gasteiger partial charge in [-0.25, -0.2) is 9.78 Å². The number of amides is 3. The number of anilines is 3. The normalized spacial score (nSPS) is 14.3. The summed E-state index contributed by atoms with van der Waals surface area (Å²) in [5.41, 5.74) is 0.729. The minimum atomic E-state index is -0.0815. The summed E-state index contributed by atoms with van der Waals surface area (Å²) >= 11 is 0. The molecule has 3 amide bonds. The van der Waals surface area contributed by atoms with E-state index in [1.165, 1.54) is 4.90 Å². The summed E-state index contributed by atoms with van der Waals surface area (Å²) in [5, 5.41) is 0. The molecule has 0 unspecified atom stereocenters. The van der Waals surface area contributed by atoms with E-state index in [0.29, 0.717) is 24.7 Å². The Bertz CT molecular complexity index is 690. The zero-order valence-corrected chi connectivity index (χ0v) is 12.2. The van der Waals surface area contributed by atoms with Crippen molar-refractivity contribution >= 4 is 29.8 Å². The van der Waals surface area contributed by atoms with Gasteiger partial charge in [-0.1, -0.05) is 24.3 Å². The fourth-order valence-corrected chi connectivity index (χ4v) is 2.39. The molecule has 2 heterocycles. The van der Waals surface area contributed by atoms with Crippen LogP contribution in [0.2, 0.25) is 0 Å². The van der Waals surface area contributed by atoms with Crippen molar-refractivity contribution in [2.24, 2.45) is 0 Å². The summed E-state index contributed by atoms with van der Waals surface area (Å²) in [7, 11) is 1.76. The summed E-state index contributed by atoms with van der Waals surface area (Å²) in [6.07, 6.45) is 0.722. The standard InChI is InChI=1S/C16H16N4O2/c1-18-10-11-19(16(18)22)14-8-5-9-15(17-14)20(12-21)13-6-3-2-4-7-13/h2-9,12H,10-11H2,1H3. The molecule has 1 aromatic carbocycles. The van der Waals surface area contributed by atoms with Crippen LogP contribution in [-0.4, -0.2) is 42.5 Å². The second-order valence-corrected chi connectivity index (χ2v) is 5.02. The van der Waals surface area contributed by atoms with Crippen molar-refractivity contribution in [1.82, 2.24) is 9.88 Å². The van der Waals surface area contributed by atoms with Gasteiger partial charge in [-0.15, -0.1) is 0 Å². The van der Waals surface area contributed by atoms with Crippen molar-refractivity contribution < 1.29 is 9.59 Å². The number of hydrogen-bond donors (Lipinski definition) is 0. The number of nitrogens with zero attached hydrogens (tertiary/aromatic N) is 4. The molecular formula is C16H16N4O2. The van der Waals surface area contributed by atoms with Crippen LogP contribution in [0.3, 0.4) is 0 Å². The molecule has 1 aromatic heterocycles. The van der Waals surface area contributed by atoms with Gasteiger partial charge >= 0.3 is 6.03 Å². The van der Waals surface area contributed by atoms with E-state index in [9.17, 15) is 9.59 Å². The number of likely N-dealkylation sites (N-methyl/N-ethyl adjacent to an activating group) is 1. The Labute approximate surface area is 128 Å². The molecule has 0 saturated carbocycles. The molecule has 1 fully saturated rings. The zero-order valence-electron chi connectivity index (χ0n) is 12.2. The van der Waals surface area contributed by atoms with Crippen LogP contribution < -0.4 is 9.80 Å². The Morgan fingerprint density at radius 2 is 1.86 bits per heavy atom. The average Bonchev–Trinajstić information content (AvgIpc) is 2.89. The summed E-state index contributed by atoms with van der Waals surface area (Å²) < 4.78 is 0. The number of carbonyl (C=O) groups excluding carboxylic acids is 2. The van der Waals surface area contributed by atoms with Gasteiger partial charge in [0.15, 0.2) is 0 Å². The third-order valence-corrected chi connectivity index (χ3v) is 3.60. The van der Waals surface area contributed by atoms with Crippen LogP contribution in [0, 0.1) is 0 Å². The second-order valence-electron chi connectivity index (χ2n) is 5.02. The monoisotopic (exact) mass is 296 g/mol. The van der Waals surface area contributed by atoms with Crippen LogP contribution in [-0.2, 0) is 4.79 Å². The van der Waals surface area contributed by atoms with Gasteiger partial charge in [0, 0.05) is 20.1 Å². The molecule has 0 bridgehead atoms. The number of urea groups is 1. The number of para-hydroxylation sites is 1. The third kappa shape index (κ3) is 2.50. The molecule has 0 aliphatic carbocycles. The smallest absolute Gasteiger partial charge is 0.325 e. The van der Waals surface area contributed by atoms with Crippen molar-refractivity contribution in [1.29, 1.82) is 0 Å². The largest absolute Gasteiger partial charge is 0.326 e. The van der Waals surface area contributed by atoms with E-state index in [1.807, 2.05) is 30.3 Å². The third-order valence-electron chi connectivity index (χ3n) is 3.60. The summed E-state index contributed by atoms with van der Waals surface area (Å²) in [4.78, 5) is 32.7. The fraction of sp³-hybridized carbons (Fsp3) is 0.188. The Hall–Kier alpha value is -2.89. The molecule has 0 spiro atoms. The van der Waals surface area contributed by atoms with Crippen molar-refractivity contribution in [3.63, 3.8) is 0 Å². The summed E-state index contributed by atoms with van der Waals surface area (Å²) in [6.45, 7) is 1.26. The summed E-state index contributed by atoms with van der Waals surface area (Å²) in [6, 6.07) is 14.5. The van der Waals surface area contributed by atoms with Gasteiger partial charge in [0.2, 0.25) is 6.41 Å². The molecule has 2 aromatic rings. The first kappa shape index (κ1) is 14.1. The molecule has 6 nitrogen and oxygen atoms in total. The summed E-state index contributed by atoms with van der Waals surface area (Å²) in [5.74, 6) is 1.04. The lowest BCUT2D eigenvalue weighted by atomic mass is 10.3. The van der Waals surface area contributed by atoms with E-state index >= 15 is 0 Å². The zero-order chi connectivity index (χ0) is 15.5. The molecule has 3 rings (SSSR count). The Kier molecular flexibility index (Phi) is 3.74. The maximum absolute atomic E-state index is 12.1. The highest BCUT2D eigenvalue weighted by atomic mass is 16.2. The first-order valence-corrected chi connectivity index (χ1v) is 7.00. The fourth-order valence-electron chi connectivity index (χ4n) is 2.39. The van der Waals surface area contributed by atoms with Gasteiger partial charge in [-0.2, -0.15) is 0 Å². The van der Waals surface area contributed by atoms with Crippen LogP contribution in [0.25, 0.3) is 0 Å². The number of pyridine rings is 1. The predicted molar refractivity (Wildman–Crippen MR) is 84.3 cm³/mol. The van der Waals surface area contributed by atoms with Gasteiger partial charge < -0.3 is 4.90 Å². The molecule has 1 aliphatic rings. The van der Waals surface area contributed by atoms with Gasteiger partial charge in [-0.3, -0.25) is 14.6 Å². The van der Waals surface area contributed by atoms with Gasteiger partial charge in [0.25, 0.3) is 0 Å². The minimum absolute atomic E-state index is 0.0815. The molecule has 0 atom stereocenters.